The zero-order valence-corrected chi connectivity index (χ0v) is 23.6. The third kappa shape index (κ3) is 4.05. The Labute approximate surface area is 211 Å². The Kier molecular flexibility index (Phi) is 5.81. The Morgan fingerprint density at radius 2 is 1.71 bits per heavy atom. The molecule has 0 atom stereocenters. The Morgan fingerprint density at radius 3 is 2.29 bits per heavy atom. The number of aryl methyl sites for hydroxylation is 1. The van der Waals surface area contributed by atoms with E-state index in [2.05, 4.69) is 79.0 Å². The van der Waals surface area contributed by atoms with Crippen LogP contribution in [0.25, 0.3) is 10.9 Å². The fourth-order valence-electron chi connectivity index (χ4n) is 4.85. The van der Waals surface area contributed by atoms with Crippen molar-refractivity contribution in [2.45, 2.75) is 83.9 Å². The van der Waals surface area contributed by atoms with Gasteiger partial charge in [-0.15, -0.1) is 0 Å². The first kappa shape index (κ1) is 23.8. The summed E-state index contributed by atoms with van der Waals surface area (Å²) in [7, 11) is -1.84. The molecule has 1 saturated carbocycles. The van der Waals surface area contributed by atoms with Gasteiger partial charge in [0.1, 0.15) is 0 Å². The molecule has 0 spiro atoms. The molecule has 1 aromatic heterocycles. The van der Waals surface area contributed by atoms with E-state index in [1.165, 1.54) is 11.1 Å². The minimum absolute atomic E-state index is 0.0520. The summed E-state index contributed by atoms with van der Waals surface area (Å²) >= 11 is 3.66. The molecule has 34 heavy (non-hydrogen) atoms. The Balaban J connectivity index is 1.53. The molecule has 2 heterocycles. The molecule has 0 radical (unpaired) electrons. The van der Waals surface area contributed by atoms with E-state index in [0.29, 0.717) is 5.39 Å². The van der Waals surface area contributed by atoms with Crippen molar-refractivity contribution in [3.63, 3.8) is 0 Å². The summed E-state index contributed by atoms with van der Waals surface area (Å²) in [4.78, 5) is 21.3. The molecule has 0 N–H and O–H groups in total. The van der Waals surface area contributed by atoms with Gasteiger partial charge in [0.05, 0.1) is 10.9 Å². The molecule has 0 saturated heterocycles. The van der Waals surface area contributed by atoms with E-state index in [4.69, 9.17) is 9.41 Å². The first-order chi connectivity index (χ1) is 15.9. The van der Waals surface area contributed by atoms with Crippen LogP contribution >= 0.6 is 15.9 Å². The van der Waals surface area contributed by atoms with Gasteiger partial charge in [-0.1, -0.05) is 45.0 Å². The molecule has 2 aliphatic rings. The molecule has 7 heteroatoms. The van der Waals surface area contributed by atoms with Crippen molar-refractivity contribution in [1.29, 1.82) is 0 Å². The van der Waals surface area contributed by atoms with Crippen LogP contribution in [0, 0.1) is 6.92 Å². The zero-order chi connectivity index (χ0) is 24.4. The van der Waals surface area contributed by atoms with Crippen LogP contribution in [0.4, 0.5) is 5.95 Å². The van der Waals surface area contributed by atoms with Crippen molar-refractivity contribution in [1.82, 2.24) is 9.55 Å². The number of anilines is 1. The van der Waals surface area contributed by atoms with Crippen LogP contribution < -0.4 is 10.5 Å². The lowest BCUT2D eigenvalue weighted by atomic mass is 9.89. The Morgan fingerprint density at radius 1 is 1.09 bits per heavy atom. The Bertz CT molecular complexity index is 1300. The van der Waals surface area contributed by atoms with E-state index in [-0.39, 0.29) is 22.7 Å². The van der Waals surface area contributed by atoms with Crippen LogP contribution in [0.1, 0.15) is 56.3 Å². The highest BCUT2D eigenvalue weighted by Crippen LogP contribution is 2.44. The van der Waals surface area contributed by atoms with Gasteiger partial charge in [0.2, 0.25) is 5.95 Å². The van der Waals surface area contributed by atoms with Crippen molar-refractivity contribution in [2.75, 3.05) is 4.90 Å². The number of aromatic nitrogens is 2. The molecular formula is C27H34BrN3O2Si. The third-order valence-corrected chi connectivity index (χ3v) is 13.0. The monoisotopic (exact) mass is 539 g/mol. The molecule has 180 valence electrons. The summed E-state index contributed by atoms with van der Waals surface area (Å²) in [5.74, 6) is 0.772. The van der Waals surface area contributed by atoms with Gasteiger partial charge >= 0.3 is 0 Å². The highest BCUT2D eigenvalue weighted by Gasteiger charge is 2.44. The summed E-state index contributed by atoms with van der Waals surface area (Å²) < 4.78 is 9.49. The second-order valence-electron chi connectivity index (χ2n) is 11.5. The summed E-state index contributed by atoms with van der Waals surface area (Å²) in [5.41, 5.74) is 4.46. The first-order valence-corrected chi connectivity index (χ1v) is 15.9. The van der Waals surface area contributed by atoms with E-state index in [0.717, 1.165) is 47.4 Å². The fourth-order valence-corrected chi connectivity index (χ4v) is 6.89. The lowest BCUT2D eigenvalue weighted by Gasteiger charge is -2.45. The van der Waals surface area contributed by atoms with Gasteiger partial charge in [0.15, 0.2) is 8.32 Å². The molecule has 2 aromatic carbocycles. The minimum atomic E-state index is -1.84. The highest BCUT2D eigenvalue weighted by molar-refractivity contribution is 9.10. The van der Waals surface area contributed by atoms with Crippen LogP contribution in [0.5, 0.6) is 0 Å². The SMILES string of the molecule is Cc1cc(Br)c2nc(N3Cc4ccccc4C3)n(C3CC(O[Si](C)(C)C(C)(C)C)C3)c(=O)c2c1. The number of halogens is 1. The van der Waals surface area contributed by atoms with E-state index in [1.807, 2.05) is 23.6 Å². The maximum absolute atomic E-state index is 13.9. The van der Waals surface area contributed by atoms with Crippen LogP contribution in [0.3, 0.4) is 0 Å². The summed E-state index contributed by atoms with van der Waals surface area (Å²) in [6.07, 6.45) is 1.93. The van der Waals surface area contributed by atoms with Gasteiger partial charge in [0.25, 0.3) is 5.56 Å². The smallest absolute Gasteiger partial charge is 0.263 e. The van der Waals surface area contributed by atoms with Crippen LogP contribution in [-0.2, 0) is 17.5 Å². The van der Waals surface area contributed by atoms with E-state index >= 15 is 0 Å². The number of benzene rings is 2. The van der Waals surface area contributed by atoms with Crippen molar-refractivity contribution in [2.24, 2.45) is 0 Å². The predicted molar refractivity (Wildman–Crippen MR) is 145 cm³/mol. The van der Waals surface area contributed by atoms with E-state index < -0.39 is 8.32 Å². The summed E-state index contributed by atoms with van der Waals surface area (Å²) in [6.45, 7) is 15.0. The van der Waals surface area contributed by atoms with Gasteiger partial charge in [-0.3, -0.25) is 9.36 Å². The Hall–Kier alpha value is -1.96. The highest BCUT2D eigenvalue weighted by atomic mass is 79.9. The van der Waals surface area contributed by atoms with Crippen molar-refractivity contribution in [3.05, 3.63) is 67.9 Å². The average molecular weight is 541 g/mol. The van der Waals surface area contributed by atoms with E-state index in [1.54, 1.807) is 0 Å². The molecule has 1 fully saturated rings. The average Bonchev–Trinajstić information content (AvgIpc) is 3.14. The lowest BCUT2D eigenvalue weighted by molar-refractivity contribution is 0.0568. The van der Waals surface area contributed by atoms with Gasteiger partial charge in [0, 0.05) is 29.7 Å². The molecular weight excluding hydrogens is 506 g/mol. The van der Waals surface area contributed by atoms with Crippen LogP contribution in [-0.4, -0.2) is 24.0 Å². The van der Waals surface area contributed by atoms with Gasteiger partial charge in [-0.05, 0) is 82.7 Å². The predicted octanol–water partition coefficient (Wildman–Crippen LogP) is 6.71. The van der Waals surface area contributed by atoms with Crippen molar-refractivity contribution < 1.29 is 4.43 Å². The molecule has 1 aliphatic heterocycles. The van der Waals surface area contributed by atoms with Crippen LogP contribution in [0.2, 0.25) is 18.1 Å². The zero-order valence-electron chi connectivity index (χ0n) is 21.0. The summed E-state index contributed by atoms with van der Waals surface area (Å²) in [5, 5.41) is 0.858. The standard InChI is InChI=1S/C27H34BrN3O2Si/c1-17-11-22-24(23(28)12-17)29-26(30-15-18-9-7-8-10-19(18)16-30)31(25(22)32)20-13-21(14-20)33-34(5,6)27(2,3)4/h7-12,20-21H,13-16H2,1-6H3. The fraction of sp³-hybridized carbons (Fsp3) is 0.481. The van der Waals surface area contributed by atoms with Gasteiger partial charge in [-0.2, -0.15) is 0 Å². The van der Waals surface area contributed by atoms with E-state index in [9.17, 15) is 4.79 Å². The molecule has 0 unspecified atom stereocenters. The quantitative estimate of drug-likeness (QED) is 0.345. The first-order valence-electron chi connectivity index (χ1n) is 12.2. The second kappa shape index (κ2) is 8.31. The largest absolute Gasteiger partial charge is 0.414 e. The van der Waals surface area contributed by atoms with Gasteiger partial charge in [-0.25, -0.2) is 4.98 Å². The minimum Gasteiger partial charge on any atom is -0.414 e. The summed E-state index contributed by atoms with van der Waals surface area (Å²) in [6, 6.07) is 12.6. The molecule has 0 amide bonds. The number of hydrogen-bond donors (Lipinski definition) is 0. The maximum Gasteiger partial charge on any atom is 0.263 e. The third-order valence-electron chi connectivity index (χ3n) is 7.91. The molecule has 5 rings (SSSR count). The van der Waals surface area contributed by atoms with Gasteiger partial charge < -0.3 is 9.33 Å². The number of nitrogens with zero attached hydrogens (tertiary/aromatic N) is 3. The van der Waals surface area contributed by atoms with Crippen molar-refractivity contribution in [3.8, 4) is 0 Å². The lowest BCUT2D eigenvalue weighted by Crippen LogP contribution is -2.49. The molecule has 0 bridgehead atoms. The number of hydrogen-bond acceptors (Lipinski definition) is 4. The molecule has 3 aromatic rings. The topological polar surface area (TPSA) is 47.4 Å². The molecule has 1 aliphatic carbocycles. The molecule has 5 nitrogen and oxygen atoms in total. The van der Waals surface area contributed by atoms with Crippen LogP contribution in [0.15, 0.2) is 45.7 Å². The normalized spacial score (nSPS) is 20.5. The number of fused-ring (bicyclic) bond motifs is 2. The van der Waals surface area contributed by atoms with Crippen molar-refractivity contribution >= 4 is 41.1 Å². The number of rotatable bonds is 4. The maximum atomic E-state index is 13.9. The second-order valence-corrected chi connectivity index (χ2v) is 17.1.